The lowest BCUT2D eigenvalue weighted by atomic mass is 9.95. The lowest BCUT2D eigenvalue weighted by molar-refractivity contribution is 0.0595. The van der Waals surface area contributed by atoms with Crippen LogP contribution in [0.15, 0.2) is 34.8 Å². The number of esters is 1. The minimum Gasteiger partial charge on any atom is -0.465 e. The van der Waals surface area contributed by atoms with E-state index in [1.165, 1.54) is 19.2 Å². The van der Waals surface area contributed by atoms with Crippen LogP contribution in [0, 0.1) is 19.7 Å². The van der Waals surface area contributed by atoms with E-state index in [1.807, 2.05) is 26.0 Å². The van der Waals surface area contributed by atoms with E-state index in [1.54, 1.807) is 6.07 Å². The van der Waals surface area contributed by atoms with Gasteiger partial charge in [-0.15, -0.1) is 0 Å². The summed E-state index contributed by atoms with van der Waals surface area (Å²) < 4.78 is 19.5. The van der Waals surface area contributed by atoms with E-state index in [9.17, 15) is 9.18 Å². The Balaban J connectivity index is 2.55. The van der Waals surface area contributed by atoms with Gasteiger partial charge in [-0.2, -0.15) is 0 Å². The van der Waals surface area contributed by atoms with Crippen LogP contribution in [0.1, 0.15) is 21.5 Å². The number of hydrogen-bond acceptors (Lipinski definition) is 2. The fourth-order valence-corrected chi connectivity index (χ4v) is 3.00. The van der Waals surface area contributed by atoms with Crippen molar-refractivity contribution in [3.63, 3.8) is 0 Å². The van der Waals surface area contributed by atoms with Gasteiger partial charge in [-0.25, -0.2) is 9.18 Å². The fourth-order valence-electron chi connectivity index (χ4n) is 2.31. The molecule has 2 rings (SSSR count). The van der Waals surface area contributed by atoms with Gasteiger partial charge in [0, 0.05) is 4.47 Å². The van der Waals surface area contributed by atoms with E-state index in [-0.39, 0.29) is 5.56 Å². The number of benzene rings is 2. The predicted molar refractivity (Wildman–Crippen MR) is 80.3 cm³/mol. The van der Waals surface area contributed by atoms with Gasteiger partial charge in [0.15, 0.2) is 0 Å². The zero-order valence-corrected chi connectivity index (χ0v) is 13.0. The topological polar surface area (TPSA) is 26.3 Å². The molecule has 104 valence electrons. The lowest BCUT2D eigenvalue weighted by Gasteiger charge is -2.12. The summed E-state index contributed by atoms with van der Waals surface area (Å²) in [4.78, 5) is 11.4. The number of rotatable bonds is 2. The highest BCUT2D eigenvalue weighted by Crippen LogP contribution is 2.31. The van der Waals surface area contributed by atoms with E-state index in [2.05, 4.69) is 20.7 Å². The maximum absolute atomic E-state index is 14.0. The zero-order valence-electron chi connectivity index (χ0n) is 11.5. The number of aryl methyl sites for hydroxylation is 2. The number of carbonyl (C=O) groups excluding carboxylic acids is 1. The molecule has 2 nitrogen and oxygen atoms in total. The molecule has 0 fully saturated rings. The first-order chi connectivity index (χ1) is 9.43. The van der Waals surface area contributed by atoms with Gasteiger partial charge in [-0.05, 0) is 60.4 Å². The van der Waals surface area contributed by atoms with Crippen molar-refractivity contribution in [2.45, 2.75) is 13.8 Å². The van der Waals surface area contributed by atoms with Crippen molar-refractivity contribution in [2.75, 3.05) is 7.11 Å². The SMILES string of the molecule is COC(=O)c1ccc(-c2c(C)cc(Br)cc2C)cc1F. The summed E-state index contributed by atoms with van der Waals surface area (Å²) in [5.41, 5.74) is 3.76. The summed E-state index contributed by atoms with van der Waals surface area (Å²) in [6.07, 6.45) is 0. The largest absolute Gasteiger partial charge is 0.465 e. The molecule has 0 heterocycles. The summed E-state index contributed by atoms with van der Waals surface area (Å²) in [7, 11) is 1.23. The molecule has 0 unspecified atom stereocenters. The van der Waals surface area contributed by atoms with Gasteiger partial charge in [0.05, 0.1) is 12.7 Å². The highest BCUT2D eigenvalue weighted by atomic mass is 79.9. The molecule has 0 aliphatic heterocycles. The Morgan fingerprint density at radius 2 is 1.75 bits per heavy atom. The quantitative estimate of drug-likeness (QED) is 0.745. The second-order valence-corrected chi connectivity index (χ2v) is 5.52. The Bertz CT molecular complexity index is 657. The molecule has 0 radical (unpaired) electrons. The van der Waals surface area contributed by atoms with Gasteiger partial charge in [0.25, 0.3) is 0 Å². The van der Waals surface area contributed by atoms with E-state index in [4.69, 9.17) is 0 Å². The highest BCUT2D eigenvalue weighted by Gasteiger charge is 2.14. The molecule has 0 aliphatic carbocycles. The molecule has 4 heteroatoms. The van der Waals surface area contributed by atoms with Crippen LogP contribution in [0.3, 0.4) is 0 Å². The molecular weight excluding hydrogens is 323 g/mol. The average Bonchev–Trinajstić information content (AvgIpc) is 2.37. The van der Waals surface area contributed by atoms with Crippen LogP contribution in [-0.4, -0.2) is 13.1 Å². The van der Waals surface area contributed by atoms with Crippen LogP contribution in [0.5, 0.6) is 0 Å². The summed E-state index contributed by atoms with van der Waals surface area (Å²) in [5, 5.41) is 0. The van der Waals surface area contributed by atoms with Gasteiger partial charge >= 0.3 is 5.97 Å². The molecule has 2 aromatic rings. The lowest BCUT2D eigenvalue weighted by Crippen LogP contribution is -2.04. The van der Waals surface area contributed by atoms with Crippen LogP contribution in [-0.2, 0) is 4.74 Å². The molecule has 0 bridgehead atoms. The average molecular weight is 337 g/mol. The van der Waals surface area contributed by atoms with Crippen molar-refractivity contribution >= 4 is 21.9 Å². The minimum atomic E-state index is -0.668. The Morgan fingerprint density at radius 3 is 2.25 bits per heavy atom. The molecule has 2 aromatic carbocycles. The third kappa shape index (κ3) is 2.75. The first-order valence-electron chi connectivity index (χ1n) is 6.09. The molecule has 0 atom stereocenters. The monoisotopic (exact) mass is 336 g/mol. The van der Waals surface area contributed by atoms with E-state index < -0.39 is 11.8 Å². The van der Waals surface area contributed by atoms with Crippen LogP contribution in [0.25, 0.3) is 11.1 Å². The van der Waals surface area contributed by atoms with Crippen molar-refractivity contribution in [1.29, 1.82) is 0 Å². The maximum atomic E-state index is 14.0. The van der Waals surface area contributed by atoms with Crippen LogP contribution in [0.2, 0.25) is 0 Å². The number of methoxy groups -OCH3 is 1. The maximum Gasteiger partial charge on any atom is 0.340 e. The molecule has 0 aromatic heterocycles. The Morgan fingerprint density at radius 1 is 1.15 bits per heavy atom. The number of ether oxygens (including phenoxy) is 1. The predicted octanol–water partition coefficient (Wildman–Crippen LogP) is 4.66. The fraction of sp³-hybridized carbons (Fsp3) is 0.188. The normalized spacial score (nSPS) is 10.4. The minimum absolute atomic E-state index is 0.0522. The Hall–Kier alpha value is -1.68. The standard InChI is InChI=1S/C16H14BrFO2/c1-9-6-12(17)7-10(2)15(9)11-4-5-13(14(18)8-11)16(19)20-3/h4-8H,1-3H3. The molecule has 0 saturated carbocycles. The van der Waals surface area contributed by atoms with Crippen molar-refractivity contribution in [3.8, 4) is 11.1 Å². The van der Waals surface area contributed by atoms with E-state index >= 15 is 0 Å². The zero-order chi connectivity index (χ0) is 14.9. The number of hydrogen-bond donors (Lipinski definition) is 0. The van der Waals surface area contributed by atoms with Gasteiger partial charge in [0.1, 0.15) is 5.82 Å². The summed E-state index contributed by atoms with van der Waals surface area (Å²) >= 11 is 3.44. The van der Waals surface area contributed by atoms with Crippen molar-refractivity contribution in [3.05, 3.63) is 57.3 Å². The summed E-state index contributed by atoms with van der Waals surface area (Å²) in [5.74, 6) is -1.24. The highest BCUT2D eigenvalue weighted by molar-refractivity contribution is 9.10. The summed E-state index contributed by atoms with van der Waals surface area (Å²) in [6.45, 7) is 3.94. The van der Waals surface area contributed by atoms with Gasteiger partial charge in [-0.1, -0.05) is 22.0 Å². The number of carbonyl (C=O) groups is 1. The molecule has 20 heavy (non-hydrogen) atoms. The third-order valence-electron chi connectivity index (χ3n) is 3.16. The van der Waals surface area contributed by atoms with Crippen LogP contribution >= 0.6 is 15.9 Å². The summed E-state index contributed by atoms with van der Waals surface area (Å²) in [6, 6.07) is 8.52. The second-order valence-electron chi connectivity index (χ2n) is 4.60. The van der Waals surface area contributed by atoms with E-state index in [0.717, 1.165) is 26.7 Å². The van der Waals surface area contributed by atoms with Crippen LogP contribution < -0.4 is 0 Å². The van der Waals surface area contributed by atoms with Crippen molar-refractivity contribution in [2.24, 2.45) is 0 Å². The molecule has 0 saturated heterocycles. The molecule has 0 aliphatic rings. The molecule has 0 N–H and O–H groups in total. The Labute approximate surface area is 125 Å². The molecule has 0 amide bonds. The van der Waals surface area contributed by atoms with Gasteiger partial charge in [0.2, 0.25) is 0 Å². The second kappa shape index (κ2) is 5.75. The first-order valence-corrected chi connectivity index (χ1v) is 6.88. The third-order valence-corrected chi connectivity index (χ3v) is 3.62. The number of halogens is 2. The van der Waals surface area contributed by atoms with Gasteiger partial charge in [-0.3, -0.25) is 0 Å². The van der Waals surface area contributed by atoms with Crippen molar-refractivity contribution in [1.82, 2.24) is 0 Å². The van der Waals surface area contributed by atoms with Gasteiger partial charge < -0.3 is 4.74 Å². The van der Waals surface area contributed by atoms with Crippen LogP contribution in [0.4, 0.5) is 4.39 Å². The smallest absolute Gasteiger partial charge is 0.340 e. The van der Waals surface area contributed by atoms with E-state index in [0.29, 0.717) is 0 Å². The Kier molecular flexibility index (Phi) is 4.23. The van der Waals surface area contributed by atoms with Crippen molar-refractivity contribution < 1.29 is 13.9 Å². The first kappa shape index (κ1) is 14.7. The molecule has 0 spiro atoms. The molecular formula is C16H14BrFO2.